The van der Waals surface area contributed by atoms with Crippen LogP contribution in [0, 0.1) is 10.8 Å². The smallest absolute Gasteiger partial charge is 0.304 e. The van der Waals surface area contributed by atoms with Gasteiger partial charge in [-0.15, -0.1) is 0 Å². The van der Waals surface area contributed by atoms with Crippen molar-refractivity contribution in [3.05, 3.63) is 48.0 Å². The molecule has 4 N–H and O–H groups in total. The summed E-state index contributed by atoms with van der Waals surface area (Å²) in [5.74, 6) is -3.35. The van der Waals surface area contributed by atoms with Crippen molar-refractivity contribution in [2.24, 2.45) is 10.8 Å². The lowest BCUT2D eigenvalue weighted by Gasteiger charge is -2.29. The molecule has 0 amide bonds. The van der Waals surface area contributed by atoms with Gasteiger partial charge in [0, 0.05) is 10.8 Å². The van der Waals surface area contributed by atoms with Crippen LogP contribution in [0.2, 0.25) is 0 Å². The second-order valence-electron chi connectivity index (χ2n) is 7.99. The number of aliphatic carboxylic acids is 4. The Morgan fingerprint density at radius 1 is 0.656 bits per heavy atom. The van der Waals surface area contributed by atoms with Crippen LogP contribution >= 0.6 is 0 Å². The van der Waals surface area contributed by atoms with Crippen molar-refractivity contribution in [1.82, 2.24) is 0 Å². The van der Waals surface area contributed by atoms with Gasteiger partial charge in [-0.05, 0) is 37.1 Å². The van der Waals surface area contributed by atoms with Gasteiger partial charge in [-0.1, -0.05) is 12.2 Å². The van der Waals surface area contributed by atoms with Crippen molar-refractivity contribution in [3.63, 3.8) is 0 Å². The molecule has 2 rings (SSSR count). The first-order chi connectivity index (χ1) is 15.0. The number of carboxylic acids is 4. The first-order valence-electron chi connectivity index (χ1n) is 9.95. The third-order valence-corrected chi connectivity index (χ3v) is 5.26. The summed E-state index contributed by atoms with van der Waals surface area (Å²) in [6.07, 6.45) is 8.79. The van der Waals surface area contributed by atoms with Crippen LogP contribution in [0.3, 0.4) is 0 Å². The lowest BCUT2D eigenvalue weighted by atomic mass is 9.75. The van der Waals surface area contributed by atoms with Gasteiger partial charge in [0.05, 0.1) is 25.7 Å². The van der Waals surface area contributed by atoms with Crippen molar-refractivity contribution >= 4 is 23.9 Å². The Hall–Kier alpha value is -3.56. The van der Waals surface area contributed by atoms with E-state index < -0.39 is 34.7 Å². The van der Waals surface area contributed by atoms with Gasteiger partial charge in [-0.25, -0.2) is 0 Å². The molecule has 32 heavy (non-hydrogen) atoms. The summed E-state index contributed by atoms with van der Waals surface area (Å²) in [5.41, 5.74) is -1.98. The Kier molecular flexibility index (Phi) is 8.22. The highest BCUT2D eigenvalue weighted by atomic mass is 16.5. The van der Waals surface area contributed by atoms with Gasteiger partial charge in [0.25, 0.3) is 0 Å². The lowest BCUT2D eigenvalue weighted by Crippen LogP contribution is -2.27. The maximum atomic E-state index is 11.1. The summed E-state index contributed by atoms with van der Waals surface area (Å²) >= 11 is 0. The molecule has 0 heterocycles. The average Bonchev–Trinajstić information content (AvgIpc) is 2.66. The van der Waals surface area contributed by atoms with Crippen LogP contribution in [-0.4, -0.2) is 57.5 Å². The molecular formula is C22H26O10. The molecule has 0 aliphatic heterocycles. The van der Waals surface area contributed by atoms with Crippen LogP contribution in [0.4, 0.5) is 0 Å². The van der Waals surface area contributed by atoms with Crippen molar-refractivity contribution in [1.29, 1.82) is 0 Å². The first-order valence-corrected chi connectivity index (χ1v) is 9.95. The Bertz CT molecular complexity index is 773. The highest BCUT2D eigenvalue weighted by Gasteiger charge is 2.35. The molecule has 0 saturated carbocycles. The summed E-state index contributed by atoms with van der Waals surface area (Å²) < 4.78 is 11.1. The van der Waals surface area contributed by atoms with Gasteiger partial charge >= 0.3 is 23.9 Å². The number of allylic oxidation sites excluding steroid dienone is 6. The van der Waals surface area contributed by atoms with E-state index >= 15 is 0 Å². The topological polar surface area (TPSA) is 168 Å². The largest absolute Gasteiger partial charge is 0.490 e. The van der Waals surface area contributed by atoms with Crippen molar-refractivity contribution in [3.8, 4) is 0 Å². The molecule has 0 bridgehead atoms. The number of carbonyl (C=O) groups is 4. The van der Waals surface area contributed by atoms with E-state index in [1.54, 1.807) is 36.5 Å². The molecule has 10 nitrogen and oxygen atoms in total. The van der Waals surface area contributed by atoms with Crippen molar-refractivity contribution in [2.75, 3.05) is 13.2 Å². The quantitative estimate of drug-likeness (QED) is 0.306. The normalized spacial score (nSPS) is 18.2. The van der Waals surface area contributed by atoms with Crippen LogP contribution in [0.5, 0.6) is 0 Å². The maximum absolute atomic E-state index is 11.1. The minimum atomic E-state index is -1.08. The molecule has 0 spiro atoms. The standard InChI is InChI=1S/C22H26O10/c23-17(24)11-21(12-18(25)26)5-1-15(2-6-21)31-9-10-32-16-3-7-22(8-4-16,13-19(27)28)14-20(29)30/h1-5,7H,6,8-14H2,(H,23,24)(H,25,26)(H,27,28)(H,29,30). The molecular weight excluding hydrogens is 424 g/mol. The zero-order chi connectivity index (χ0) is 23.8. The molecule has 2 aliphatic rings. The first kappa shape index (κ1) is 24.7. The summed E-state index contributed by atoms with van der Waals surface area (Å²) in [5, 5.41) is 36.2. The van der Waals surface area contributed by atoms with E-state index in [-0.39, 0.29) is 51.7 Å². The van der Waals surface area contributed by atoms with Gasteiger partial charge in [0.2, 0.25) is 0 Å². The van der Waals surface area contributed by atoms with Gasteiger partial charge in [-0.2, -0.15) is 0 Å². The SMILES string of the molecule is O=C(O)CC1(CC(=O)O)C=CC(OCCOC2=CCC(CC(=O)O)(CC(=O)O)C=C2)=CC1. The molecule has 2 aliphatic carbocycles. The molecule has 0 saturated heterocycles. The lowest BCUT2D eigenvalue weighted by molar-refractivity contribution is -0.144. The zero-order valence-corrected chi connectivity index (χ0v) is 17.4. The van der Waals surface area contributed by atoms with E-state index in [1.807, 2.05) is 0 Å². The predicted octanol–water partition coefficient (Wildman–Crippen LogP) is 2.58. The Balaban J connectivity index is 1.82. The van der Waals surface area contributed by atoms with Gasteiger partial charge in [0.1, 0.15) is 24.7 Å². The van der Waals surface area contributed by atoms with Crippen LogP contribution in [-0.2, 0) is 28.7 Å². The highest BCUT2D eigenvalue weighted by molar-refractivity contribution is 5.73. The summed E-state index contributed by atoms with van der Waals surface area (Å²) in [6.45, 7) is 0.337. The van der Waals surface area contributed by atoms with E-state index in [2.05, 4.69) is 0 Å². The second kappa shape index (κ2) is 10.7. The number of rotatable bonds is 13. The molecule has 0 aromatic rings. The van der Waals surface area contributed by atoms with E-state index in [0.29, 0.717) is 11.5 Å². The Labute approximate surface area is 184 Å². The van der Waals surface area contributed by atoms with Gasteiger partial charge in [0.15, 0.2) is 0 Å². The Morgan fingerprint density at radius 3 is 1.19 bits per heavy atom. The van der Waals surface area contributed by atoms with E-state index in [0.717, 1.165) is 0 Å². The second-order valence-corrected chi connectivity index (χ2v) is 7.99. The molecule has 0 aromatic heterocycles. The monoisotopic (exact) mass is 450 g/mol. The predicted molar refractivity (Wildman–Crippen MR) is 109 cm³/mol. The minimum absolute atomic E-state index is 0.168. The fraction of sp³-hybridized carbons (Fsp3) is 0.455. The van der Waals surface area contributed by atoms with Gasteiger partial charge < -0.3 is 29.9 Å². The Morgan fingerprint density at radius 2 is 0.969 bits per heavy atom. The number of hydrogen-bond acceptors (Lipinski definition) is 6. The highest BCUT2D eigenvalue weighted by Crippen LogP contribution is 2.38. The van der Waals surface area contributed by atoms with Gasteiger partial charge in [-0.3, -0.25) is 19.2 Å². The number of hydrogen-bond donors (Lipinski definition) is 4. The molecule has 0 aromatic carbocycles. The number of ether oxygens (including phenoxy) is 2. The molecule has 174 valence electrons. The summed E-state index contributed by atoms with van der Waals surface area (Å²) in [7, 11) is 0. The van der Waals surface area contributed by atoms with Crippen LogP contribution in [0.25, 0.3) is 0 Å². The molecule has 0 unspecified atom stereocenters. The fourth-order valence-electron chi connectivity index (χ4n) is 3.78. The van der Waals surface area contributed by atoms with E-state index in [1.165, 1.54) is 0 Å². The molecule has 0 atom stereocenters. The molecule has 0 radical (unpaired) electrons. The van der Waals surface area contributed by atoms with Crippen molar-refractivity contribution in [2.45, 2.75) is 38.5 Å². The van der Waals surface area contributed by atoms with Crippen LogP contribution in [0.15, 0.2) is 48.0 Å². The zero-order valence-electron chi connectivity index (χ0n) is 17.4. The minimum Gasteiger partial charge on any atom is -0.490 e. The summed E-state index contributed by atoms with van der Waals surface area (Å²) in [6, 6.07) is 0. The third-order valence-electron chi connectivity index (χ3n) is 5.26. The van der Waals surface area contributed by atoms with Crippen molar-refractivity contribution < 1.29 is 49.1 Å². The third kappa shape index (κ3) is 7.60. The summed E-state index contributed by atoms with van der Waals surface area (Å²) in [4.78, 5) is 44.3. The van der Waals surface area contributed by atoms with E-state index in [4.69, 9.17) is 29.9 Å². The maximum Gasteiger partial charge on any atom is 0.304 e. The number of carboxylic acid groups (broad SMARTS) is 4. The van der Waals surface area contributed by atoms with Crippen LogP contribution in [0.1, 0.15) is 38.5 Å². The molecule has 10 heteroatoms. The van der Waals surface area contributed by atoms with E-state index in [9.17, 15) is 19.2 Å². The average molecular weight is 450 g/mol. The molecule has 0 fully saturated rings. The fourth-order valence-corrected chi connectivity index (χ4v) is 3.78. The van der Waals surface area contributed by atoms with Crippen LogP contribution < -0.4 is 0 Å².